The molecule has 29 heavy (non-hydrogen) atoms. The van der Waals surface area contributed by atoms with Crippen LogP contribution in [0.25, 0.3) is 6.08 Å². The van der Waals surface area contributed by atoms with Crippen LogP contribution in [0.3, 0.4) is 0 Å². The molecule has 3 N–H and O–H groups in total. The first kappa shape index (κ1) is 22.0. The quantitative estimate of drug-likeness (QED) is 0.295. The fourth-order valence-electron chi connectivity index (χ4n) is 2.88. The molecular formula is C25H28O4. The van der Waals surface area contributed by atoms with E-state index in [2.05, 4.69) is 19.9 Å². The van der Waals surface area contributed by atoms with Gasteiger partial charge >= 0.3 is 0 Å². The highest BCUT2D eigenvalue weighted by molar-refractivity contribution is 6.09. The Kier molecular flexibility index (Phi) is 7.84. The highest BCUT2D eigenvalue weighted by atomic mass is 16.3. The van der Waals surface area contributed by atoms with Crippen LogP contribution in [0.15, 0.2) is 65.8 Å². The maximum Gasteiger partial charge on any atom is 0.189 e. The van der Waals surface area contributed by atoms with E-state index in [9.17, 15) is 20.1 Å². The normalized spacial score (nSPS) is 11.6. The minimum Gasteiger partial charge on any atom is -0.508 e. The van der Waals surface area contributed by atoms with Crippen molar-refractivity contribution >= 4 is 11.9 Å². The SMILES string of the molecule is CC(C)=CCC/C(C)=C/Cc1c(O)ccc(C(=O)/C=C/c2ccccc2O)c1O. The molecule has 0 aliphatic carbocycles. The standard InChI is InChI=1S/C25H28O4/c1-17(2)7-6-8-18(3)11-13-20-24(28)16-14-21(25(20)29)23(27)15-12-19-9-4-5-10-22(19)26/h4-5,7,9-12,14-16,26,28-29H,6,8,13H2,1-3H3/b15-12+,18-11+. The minimum absolute atomic E-state index is 0.0444. The topological polar surface area (TPSA) is 77.8 Å². The first-order valence-corrected chi connectivity index (χ1v) is 9.62. The van der Waals surface area contributed by atoms with Gasteiger partial charge < -0.3 is 15.3 Å². The number of phenols is 3. The van der Waals surface area contributed by atoms with Crippen molar-refractivity contribution < 1.29 is 20.1 Å². The van der Waals surface area contributed by atoms with Gasteiger partial charge in [-0.2, -0.15) is 0 Å². The lowest BCUT2D eigenvalue weighted by atomic mass is 9.99. The van der Waals surface area contributed by atoms with Crippen LogP contribution in [-0.2, 0) is 6.42 Å². The van der Waals surface area contributed by atoms with Gasteiger partial charge in [-0.1, -0.05) is 41.5 Å². The summed E-state index contributed by atoms with van der Waals surface area (Å²) in [4.78, 5) is 12.5. The highest BCUT2D eigenvalue weighted by Gasteiger charge is 2.15. The number of ketones is 1. The van der Waals surface area contributed by atoms with E-state index >= 15 is 0 Å². The largest absolute Gasteiger partial charge is 0.508 e. The molecule has 0 bridgehead atoms. The van der Waals surface area contributed by atoms with Gasteiger partial charge in [-0.05, 0) is 70.4 Å². The number of hydrogen-bond donors (Lipinski definition) is 3. The number of phenolic OH excluding ortho intramolecular Hbond substituents is 3. The van der Waals surface area contributed by atoms with E-state index in [-0.39, 0.29) is 22.8 Å². The second kappa shape index (κ2) is 10.3. The summed E-state index contributed by atoms with van der Waals surface area (Å²) in [6.07, 6.45) is 9.10. The van der Waals surface area contributed by atoms with Crippen molar-refractivity contribution in [2.45, 2.75) is 40.0 Å². The van der Waals surface area contributed by atoms with Gasteiger partial charge in [-0.15, -0.1) is 0 Å². The van der Waals surface area contributed by atoms with Crippen LogP contribution in [0.5, 0.6) is 17.2 Å². The zero-order chi connectivity index (χ0) is 21.4. The van der Waals surface area contributed by atoms with Crippen molar-refractivity contribution in [3.63, 3.8) is 0 Å². The second-order valence-corrected chi connectivity index (χ2v) is 7.29. The molecule has 4 heteroatoms. The van der Waals surface area contributed by atoms with Crippen molar-refractivity contribution in [2.24, 2.45) is 0 Å². The lowest BCUT2D eigenvalue weighted by Gasteiger charge is -2.09. The summed E-state index contributed by atoms with van der Waals surface area (Å²) in [7, 11) is 0. The third-order valence-electron chi connectivity index (χ3n) is 4.62. The third kappa shape index (κ3) is 6.39. The summed E-state index contributed by atoms with van der Waals surface area (Å²) >= 11 is 0. The molecule has 0 fully saturated rings. The lowest BCUT2D eigenvalue weighted by Crippen LogP contribution is -1.98. The van der Waals surface area contributed by atoms with Crippen LogP contribution < -0.4 is 0 Å². The fourth-order valence-corrected chi connectivity index (χ4v) is 2.88. The molecule has 152 valence electrons. The van der Waals surface area contributed by atoms with Crippen molar-refractivity contribution in [3.8, 4) is 17.2 Å². The minimum atomic E-state index is -0.406. The molecule has 2 aromatic carbocycles. The molecule has 0 atom stereocenters. The Morgan fingerprint density at radius 1 is 0.931 bits per heavy atom. The number of allylic oxidation sites excluding steroid dienone is 5. The van der Waals surface area contributed by atoms with Gasteiger partial charge in [0.2, 0.25) is 0 Å². The molecule has 0 aliphatic rings. The molecular weight excluding hydrogens is 364 g/mol. The van der Waals surface area contributed by atoms with Gasteiger partial charge in [0.15, 0.2) is 5.78 Å². The molecule has 0 saturated heterocycles. The van der Waals surface area contributed by atoms with Crippen molar-refractivity contribution in [1.82, 2.24) is 0 Å². The van der Waals surface area contributed by atoms with E-state index < -0.39 is 5.78 Å². The highest BCUT2D eigenvalue weighted by Crippen LogP contribution is 2.32. The summed E-state index contributed by atoms with van der Waals surface area (Å²) in [5.41, 5.74) is 3.37. The Balaban J connectivity index is 2.18. The maximum absolute atomic E-state index is 12.5. The summed E-state index contributed by atoms with van der Waals surface area (Å²) < 4.78 is 0. The molecule has 2 rings (SSSR count). The second-order valence-electron chi connectivity index (χ2n) is 7.29. The predicted molar refractivity (Wildman–Crippen MR) is 117 cm³/mol. The molecule has 0 aliphatic heterocycles. The number of carbonyl (C=O) groups is 1. The summed E-state index contributed by atoms with van der Waals surface area (Å²) in [5.74, 6) is -0.598. The monoisotopic (exact) mass is 392 g/mol. The van der Waals surface area contributed by atoms with Crippen LogP contribution in [0.1, 0.15) is 55.1 Å². The van der Waals surface area contributed by atoms with Gasteiger partial charge in [0, 0.05) is 11.1 Å². The fraction of sp³-hybridized carbons (Fsp3) is 0.240. The Morgan fingerprint density at radius 2 is 1.66 bits per heavy atom. The Labute approximate surface area is 172 Å². The first-order chi connectivity index (χ1) is 13.8. The summed E-state index contributed by atoms with van der Waals surface area (Å²) in [5, 5.41) is 30.5. The van der Waals surface area contributed by atoms with E-state index in [4.69, 9.17) is 0 Å². The smallest absolute Gasteiger partial charge is 0.189 e. The number of benzene rings is 2. The van der Waals surface area contributed by atoms with E-state index in [1.54, 1.807) is 18.2 Å². The Hall–Kier alpha value is -3.27. The van der Waals surface area contributed by atoms with Crippen LogP contribution in [0, 0.1) is 0 Å². The number of hydrogen-bond acceptors (Lipinski definition) is 4. The zero-order valence-electron chi connectivity index (χ0n) is 17.1. The van der Waals surface area contributed by atoms with Crippen molar-refractivity contribution in [3.05, 3.63) is 82.5 Å². The average molecular weight is 392 g/mol. The number of rotatable bonds is 8. The summed E-state index contributed by atoms with van der Waals surface area (Å²) in [6, 6.07) is 9.49. The van der Waals surface area contributed by atoms with Crippen LogP contribution in [0.4, 0.5) is 0 Å². The van der Waals surface area contributed by atoms with Crippen molar-refractivity contribution in [1.29, 1.82) is 0 Å². The number of para-hydroxylation sites is 1. The zero-order valence-corrected chi connectivity index (χ0v) is 17.1. The van der Waals surface area contributed by atoms with E-state index in [0.29, 0.717) is 17.5 Å². The van der Waals surface area contributed by atoms with Gasteiger partial charge in [-0.25, -0.2) is 0 Å². The molecule has 0 amide bonds. The number of aromatic hydroxyl groups is 3. The van der Waals surface area contributed by atoms with Crippen LogP contribution >= 0.6 is 0 Å². The molecule has 0 aromatic heterocycles. The van der Waals surface area contributed by atoms with Gasteiger partial charge in [0.05, 0.1) is 5.56 Å². The average Bonchev–Trinajstić information content (AvgIpc) is 2.66. The van der Waals surface area contributed by atoms with E-state index in [0.717, 1.165) is 18.4 Å². The molecule has 2 aromatic rings. The first-order valence-electron chi connectivity index (χ1n) is 9.62. The molecule has 0 radical (unpaired) electrons. The Bertz CT molecular complexity index is 961. The van der Waals surface area contributed by atoms with Crippen molar-refractivity contribution in [2.75, 3.05) is 0 Å². The van der Waals surface area contributed by atoms with E-state index in [1.165, 1.54) is 35.9 Å². The lowest BCUT2D eigenvalue weighted by molar-refractivity contribution is 0.104. The molecule has 0 unspecified atom stereocenters. The van der Waals surface area contributed by atoms with Crippen LogP contribution in [-0.4, -0.2) is 21.1 Å². The van der Waals surface area contributed by atoms with E-state index in [1.807, 2.05) is 13.0 Å². The van der Waals surface area contributed by atoms with Gasteiger partial charge in [0.25, 0.3) is 0 Å². The molecule has 0 spiro atoms. The van der Waals surface area contributed by atoms with Crippen LogP contribution in [0.2, 0.25) is 0 Å². The molecule has 4 nitrogen and oxygen atoms in total. The summed E-state index contributed by atoms with van der Waals surface area (Å²) in [6.45, 7) is 6.13. The Morgan fingerprint density at radius 3 is 2.34 bits per heavy atom. The number of carbonyl (C=O) groups excluding carboxylic acids is 1. The molecule has 0 heterocycles. The molecule has 0 saturated carbocycles. The third-order valence-corrected chi connectivity index (χ3v) is 4.62. The van der Waals surface area contributed by atoms with Gasteiger partial charge in [-0.3, -0.25) is 4.79 Å². The predicted octanol–water partition coefficient (Wildman–Crippen LogP) is 5.93. The maximum atomic E-state index is 12.5. The van der Waals surface area contributed by atoms with Gasteiger partial charge in [0.1, 0.15) is 17.2 Å².